The lowest BCUT2D eigenvalue weighted by Crippen LogP contribution is -2.38. The molecular formula is C12H19NO3S2. The smallest absolute Gasteiger partial charge is 0.252 e. The van der Waals surface area contributed by atoms with Gasteiger partial charge in [-0.2, -0.15) is 4.31 Å². The van der Waals surface area contributed by atoms with Crippen LogP contribution < -0.4 is 0 Å². The van der Waals surface area contributed by atoms with Crippen molar-refractivity contribution in [3.63, 3.8) is 0 Å². The first-order valence-corrected chi connectivity index (χ1v) is 8.56. The molecule has 0 aromatic carbocycles. The summed E-state index contributed by atoms with van der Waals surface area (Å²) >= 11 is 1.16. The van der Waals surface area contributed by atoms with Gasteiger partial charge in [-0.1, -0.05) is 19.8 Å². The minimum atomic E-state index is -3.38. The average Bonchev–Trinajstić information content (AvgIpc) is 3.00. The van der Waals surface area contributed by atoms with E-state index in [9.17, 15) is 8.42 Å². The van der Waals surface area contributed by atoms with Gasteiger partial charge in [0, 0.05) is 17.5 Å². The Labute approximate surface area is 112 Å². The zero-order chi connectivity index (χ0) is 13.2. The van der Waals surface area contributed by atoms with E-state index in [1.807, 2.05) is 6.92 Å². The van der Waals surface area contributed by atoms with Crippen LogP contribution in [0.2, 0.25) is 0 Å². The molecule has 1 aromatic heterocycles. The normalized spacial score (nSPS) is 17.7. The van der Waals surface area contributed by atoms with Gasteiger partial charge in [-0.3, -0.25) is 0 Å². The van der Waals surface area contributed by atoms with Crippen LogP contribution in [0.25, 0.3) is 0 Å². The summed E-state index contributed by atoms with van der Waals surface area (Å²) in [5.74, 6) is 0. The van der Waals surface area contributed by atoms with E-state index >= 15 is 0 Å². The summed E-state index contributed by atoms with van der Waals surface area (Å²) in [7, 11) is -3.38. The molecule has 0 saturated heterocycles. The van der Waals surface area contributed by atoms with Crippen molar-refractivity contribution in [1.82, 2.24) is 4.31 Å². The summed E-state index contributed by atoms with van der Waals surface area (Å²) in [6.07, 6.45) is 4.16. The SMILES string of the molecule is CCN(C1CCCC1)S(=O)(=O)c1ccc(CO)s1. The Morgan fingerprint density at radius 3 is 2.56 bits per heavy atom. The lowest BCUT2D eigenvalue weighted by atomic mass is 10.2. The number of nitrogens with zero attached hydrogens (tertiary/aromatic N) is 1. The molecule has 1 aliphatic rings. The van der Waals surface area contributed by atoms with Gasteiger partial charge in [0.2, 0.25) is 0 Å². The minimum Gasteiger partial charge on any atom is -0.391 e. The number of thiophene rings is 1. The van der Waals surface area contributed by atoms with Crippen LogP contribution in [0.3, 0.4) is 0 Å². The quantitative estimate of drug-likeness (QED) is 0.904. The van der Waals surface area contributed by atoms with E-state index in [1.165, 1.54) is 0 Å². The molecule has 18 heavy (non-hydrogen) atoms. The Bertz CT molecular complexity index is 489. The molecule has 4 nitrogen and oxygen atoms in total. The second-order valence-corrected chi connectivity index (χ2v) is 7.81. The van der Waals surface area contributed by atoms with Gasteiger partial charge in [0.05, 0.1) is 6.61 Å². The van der Waals surface area contributed by atoms with Crippen LogP contribution in [0.1, 0.15) is 37.5 Å². The first-order chi connectivity index (χ1) is 8.59. The molecule has 1 aliphatic carbocycles. The van der Waals surface area contributed by atoms with Gasteiger partial charge in [-0.25, -0.2) is 8.42 Å². The number of aliphatic hydroxyl groups is 1. The summed E-state index contributed by atoms with van der Waals surface area (Å²) in [6, 6.07) is 3.43. The summed E-state index contributed by atoms with van der Waals surface area (Å²) in [5.41, 5.74) is 0. The summed E-state index contributed by atoms with van der Waals surface area (Å²) in [4.78, 5) is 0.691. The van der Waals surface area contributed by atoms with E-state index in [0.717, 1.165) is 37.0 Å². The molecule has 1 aromatic rings. The van der Waals surface area contributed by atoms with Crippen LogP contribution in [0.15, 0.2) is 16.3 Å². The third kappa shape index (κ3) is 2.61. The number of hydrogen-bond acceptors (Lipinski definition) is 4. The monoisotopic (exact) mass is 289 g/mol. The van der Waals surface area contributed by atoms with E-state index < -0.39 is 10.0 Å². The van der Waals surface area contributed by atoms with Gasteiger partial charge in [-0.15, -0.1) is 11.3 Å². The fourth-order valence-corrected chi connectivity index (χ4v) is 5.55. The highest BCUT2D eigenvalue weighted by molar-refractivity contribution is 7.91. The van der Waals surface area contributed by atoms with Crippen molar-refractivity contribution in [2.45, 2.75) is 49.5 Å². The highest BCUT2D eigenvalue weighted by atomic mass is 32.2. The lowest BCUT2D eigenvalue weighted by molar-refractivity contribution is 0.285. The van der Waals surface area contributed by atoms with Gasteiger partial charge in [0.25, 0.3) is 10.0 Å². The highest BCUT2D eigenvalue weighted by Crippen LogP contribution is 2.31. The standard InChI is InChI=1S/C12H19NO3S2/c1-2-13(10-5-3-4-6-10)18(15,16)12-8-7-11(9-14)17-12/h7-8,10,14H,2-6,9H2,1H3. The molecule has 0 radical (unpaired) electrons. The topological polar surface area (TPSA) is 57.6 Å². The van der Waals surface area contributed by atoms with Crippen LogP contribution in [0.5, 0.6) is 0 Å². The molecule has 0 atom stereocenters. The highest BCUT2D eigenvalue weighted by Gasteiger charge is 2.32. The summed E-state index contributed by atoms with van der Waals surface area (Å²) < 4.78 is 27.0. The number of sulfonamides is 1. The van der Waals surface area contributed by atoms with Crippen molar-refractivity contribution in [2.24, 2.45) is 0 Å². The number of aliphatic hydroxyl groups excluding tert-OH is 1. The molecule has 0 unspecified atom stereocenters. The fraction of sp³-hybridized carbons (Fsp3) is 0.667. The molecule has 102 valence electrons. The van der Waals surface area contributed by atoms with Crippen LogP contribution in [0, 0.1) is 0 Å². The molecule has 2 rings (SSSR count). The lowest BCUT2D eigenvalue weighted by Gasteiger charge is -2.25. The Hall–Kier alpha value is -0.430. The number of hydrogen-bond donors (Lipinski definition) is 1. The maximum Gasteiger partial charge on any atom is 0.252 e. The Morgan fingerprint density at radius 1 is 1.39 bits per heavy atom. The van der Waals surface area contributed by atoms with Crippen molar-refractivity contribution in [2.75, 3.05) is 6.54 Å². The van der Waals surface area contributed by atoms with Gasteiger partial charge in [0.15, 0.2) is 0 Å². The summed E-state index contributed by atoms with van der Waals surface area (Å²) in [5, 5.41) is 9.03. The van der Waals surface area contributed by atoms with Crippen LogP contribution in [-0.4, -0.2) is 30.4 Å². The molecule has 1 fully saturated rings. The molecule has 0 aliphatic heterocycles. The Kier molecular flexibility index (Phi) is 4.42. The Balaban J connectivity index is 2.27. The molecular weight excluding hydrogens is 270 g/mol. The van der Waals surface area contributed by atoms with Crippen molar-refractivity contribution in [3.8, 4) is 0 Å². The largest absolute Gasteiger partial charge is 0.391 e. The molecule has 6 heteroatoms. The van der Waals surface area contributed by atoms with E-state index in [4.69, 9.17) is 5.11 Å². The molecule has 0 spiro atoms. The predicted molar refractivity (Wildman–Crippen MR) is 72.1 cm³/mol. The molecule has 1 heterocycles. The van der Waals surface area contributed by atoms with Crippen molar-refractivity contribution < 1.29 is 13.5 Å². The second kappa shape index (κ2) is 5.69. The van der Waals surface area contributed by atoms with Crippen LogP contribution in [0.4, 0.5) is 0 Å². The summed E-state index contributed by atoms with van der Waals surface area (Å²) in [6.45, 7) is 2.30. The zero-order valence-corrected chi connectivity index (χ0v) is 12.1. The third-order valence-corrected chi connectivity index (χ3v) is 6.96. The third-order valence-electron chi connectivity index (χ3n) is 3.40. The van der Waals surface area contributed by atoms with Crippen LogP contribution in [-0.2, 0) is 16.6 Å². The minimum absolute atomic E-state index is 0.101. The Morgan fingerprint density at radius 2 is 2.06 bits per heavy atom. The van der Waals surface area contributed by atoms with Gasteiger partial charge < -0.3 is 5.11 Å². The number of rotatable bonds is 5. The van der Waals surface area contributed by atoms with Gasteiger partial charge in [0.1, 0.15) is 4.21 Å². The van der Waals surface area contributed by atoms with Gasteiger partial charge >= 0.3 is 0 Å². The van der Waals surface area contributed by atoms with Crippen molar-refractivity contribution in [3.05, 3.63) is 17.0 Å². The first kappa shape index (κ1) is 14.0. The zero-order valence-electron chi connectivity index (χ0n) is 10.5. The fourth-order valence-electron chi connectivity index (χ4n) is 2.51. The first-order valence-electron chi connectivity index (χ1n) is 6.31. The molecule has 1 N–H and O–H groups in total. The maximum atomic E-state index is 12.5. The molecule has 0 bridgehead atoms. The van der Waals surface area contributed by atoms with Crippen molar-refractivity contribution >= 4 is 21.4 Å². The van der Waals surface area contributed by atoms with Gasteiger partial charge in [-0.05, 0) is 25.0 Å². The average molecular weight is 289 g/mol. The predicted octanol–water partition coefficient (Wildman–Crippen LogP) is 2.19. The van der Waals surface area contributed by atoms with Crippen molar-refractivity contribution in [1.29, 1.82) is 0 Å². The maximum absolute atomic E-state index is 12.5. The second-order valence-electron chi connectivity index (χ2n) is 4.53. The molecule has 0 amide bonds. The van der Waals surface area contributed by atoms with Crippen LogP contribution >= 0.6 is 11.3 Å². The van der Waals surface area contributed by atoms with E-state index in [2.05, 4.69) is 0 Å². The van der Waals surface area contributed by atoms with E-state index in [-0.39, 0.29) is 12.6 Å². The molecule has 1 saturated carbocycles. The van der Waals surface area contributed by atoms with E-state index in [0.29, 0.717) is 15.6 Å². The van der Waals surface area contributed by atoms with E-state index in [1.54, 1.807) is 16.4 Å².